The molecule has 2 N–H and O–H groups in total. The second kappa shape index (κ2) is 2.55. The second-order valence-electron chi connectivity index (χ2n) is 3.09. The molecule has 1 aromatic carbocycles. The number of hydrazine groups is 1. The number of hydrogen-bond donors (Lipinski definition) is 2. The summed E-state index contributed by atoms with van der Waals surface area (Å²) in [5.41, 5.74) is 11.2. The van der Waals surface area contributed by atoms with Crippen molar-refractivity contribution in [3.05, 3.63) is 35.5 Å². The summed E-state index contributed by atoms with van der Waals surface area (Å²) in [6.07, 6.45) is 1.97. The molecule has 0 spiro atoms. The zero-order chi connectivity index (χ0) is 8.55. The van der Waals surface area contributed by atoms with E-state index in [-0.39, 0.29) is 0 Å². The molecular weight excluding hydrogens is 148 g/mol. The predicted octanol–water partition coefficient (Wildman–Crippen LogP) is 2.29. The third-order valence-electron chi connectivity index (χ3n) is 2.18. The fourth-order valence-corrected chi connectivity index (χ4v) is 1.46. The van der Waals surface area contributed by atoms with E-state index in [4.69, 9.17) is 0 Å². The van der Waals surface area contributed by atoms with Crippen LogP contribution in [0.3, 0.4) is 0 Å². The van der Waals surface area contributed by atoms with Gasteiger partial charge in [-0.05, 0) is 25.0 Å². The van der Waals surface area contributed by atoms with Gasteiger partial charge in [0.25, 0.3) is 0 Å². The van der Waals surface area contributed by atoms with Crippen LogP contribution in [0.1, 0.15) is 18.1 Å². The van der Waals surface area contributed by atoms with Crippen molar-refractivity contribution in [2.24, 2.45) is 0 Å². The minimum Gasteiger partial charge on any atom is -0.308 e. The van der Waals surface area contributed by atoms with Crippen molar-refractivity contribution in [1.82, 2.24) is 5.43 Å². The predicted molar refractivity (Wildman–Crippen MR) is 51.6 cm³/mol. The lowest BCUT2D eigenvalue weighted by atomic mass is 10.0. The summed E-state index contributed by atoms with van der Waals surface area (Å²) in [6, 6.07) is 6.31. The maximum absolute atomic E-state index is 3.13. The van der Waals surface area contributed by atoms with Crippen LogP contribution >= 0.6 is 0 Å². The summed E-state index contributed by atoms with van der Waals surface area (Å²) < 4.78 is 0. The highest BCUT2D eigenvalue weighted by Crippen LogP contribution is 2.27. The van der Waals surface area contributed by atoms with Gasteiger partial charge in [0.1, 0.15) is 0 Å². The first-order valence-corrected chi connectivity index (χ1v) is 4.07. The van der Waals surface area contributed by atoms with Crippen molar-refractivity contribution in [2.75, 3.05) is 5.43 Å². The van der Waals surface area contributed by atoms with Crippen LogP contribution in [-0.4, -0.2) is 0 Å². The van der Waals surface area contributed by atoms with Crippen LogP contribution in [0.15, 0.2) is 24.4 Å². The van der Waals surface area contributed by atoms with Gasteiger partial charge in [0.15, 0.2) is 0 Å². The van der Waals surface area contributed by atoms with Crippen LogP contribution in [0.4, 0.5) is 5.69 Å². The monoisotopic (exact) mass is 160 g/mol. The summed E-state index contributed by atoms with van der Waals surface area (Å²) in [5, 5.41) is 0. The summed E-state index contributed by atoms with van der Waals surface area (Å²) in [5.74, 6) is 0. The average molecular weight is 160 g/mol. The molecule has 12 heavy (non-hydrogen) atoms. The van der Waals surface area contributed by atoms with Gasteiger partial charge in [0.05, 0.1) is 5.69 Å². The minimum atomic E-state index is 1.19. The van der Waals surface area contributed by atoms with Gasteiger partial charge in [0, 0.05) is 11.8 Å². The fraction of sp³-hybridized carbons (Fsp3) is 0.200. The molecule has 0 atom stereocenters. The van der Waals surface area contributed by atoms with Crippen molar-refractivity contribution < 1.29 is 0 Å². The first-order chi connectivity index (χ1) is 5.79. The average Bonchev–Trinajstić information content (AvgIpc) is 2.07. The van der Waals surface area contributed by atoms with E-state index in [1.54, 1.807) is 0 Å². The van der Waals surface area contributed by atoms with Gasteiger partial charge >= 0.3 is 0 Å². The summed E-state index contributed by atoms with van der Waals surface area (Å²) in [6.45, 7) is 4.21. The van der Waals surface area contributed by atoms with Crippen molar-refractivity contribution >= 4 is 11.3 Å². The van der Waals surface area contributed by atoms with Crippen LogP contribution in [-0.2, 0) is 0 Å². The van der Waals surface area contributed by atoms with E-state index in [9.17, 15) is 0 Å². The lowest BCUT2D eigenvalue weighted by molar-refractivity contribution is 1.03. The molecule has 0 aromatic heterocycles. The van der Waals surface area contributed by atoms with Gasteiger partial charge in [-0.1, -0.05) is 18.2 Å². The lowest BCUT2D eigenvalue weighted by Crippen LogP contribution is -2.20. The molecule has 2 nitrogen and oxygen atoms in total. The molecule has 0 saturated carbocycles. The normalized spacial score (nSPS) is 14.0. The number of rotatable bonds is 0. The molecule has 1 aromatic rings. The van der Waals surface area contributed by atoms with E-state index in [1.165, 1.54) is 22.4 Å². The maximum Gasteiger partial charge on any atom is 0.0644 e. The maximum atomic E-state index is 3.13. The molecule has 0 saturated heterocycles. The Bertz CT molecular complexity index is 340. The smallest absolute Gasteiger partial charge is 0.0644 e. The number of anilines is 1. The van der Waals surface area contributed by atoms with Gasteiger partial charge in [-0.2, -0.15) is 0 Å². The van der Waals surface area contributed by atoms with E-state index in [2.05, 4.69) is 42.9 Å². The largest absolute Gasteiger partial charge is 0.308 e. The fourth-order valence-electron chi connectivity index (χ4n) is 1.46. The summed E-state index contributed by atoms with van der Waals surface area (Å²) >= 11 is 0. The Balaban J connectivity index is 2.62. The molecule has 0 aliphatic carbocycles. The van der Waals surface area contributed by atoms with E-state index in [0.717, 1.165) is 0 Å². The number of allylic oxidation sites excluding steroid dienone is 1. The van der Waals surface area contributed by atoms with Crippen LogP contribution < -0.4 is 10.9 Å². The Morgan fingerprint density at radius 3 is 2.75 bits per heavy atom. The van der Waals surface area contributed by atoms with E-state index in [1.807, 2.05) is 6.20 Å². The number of nitrogens with one attached hydrogen (secondary N) is 2. The summed E-state index contributed by atoms with van der Waals surface area (Å²) in [4.78, 5) is 0. The molecule has 1 aliphatic heterocycles. The molecule has 62 valence electrons. The Morgan fingerprint density at radius 1 is 1.17 bits per heavy atom. The van der Waals surface area contributed by atoms with Gasteiger partial charge in [0.2, 0.25) is 0 Å². The Labute approximate surface area is 72.3 Å². The molecule has 1 aliphatic rings. The molecule has 0 bridgehead atoms. The molecule has 0 amide bonds. The number of hydrogen-bond acceptors (Lipinski definition) is 2. The molecule has 0 radical (unpaired) electrons. The van der Waals surface area contributed by atoms with Crippen LogP contribution in [0.25, 0.3) is 5.57 Å². The van der Waals surface area contributed by atoms with Gasteiger partial charge < -0.3 is 10.9 Å². The minimum absolute atomic E-state index is 1.19. The standard InChI is InChI=1S/C10H12N2/c1-7-4-3-5-9-8(2)6-11-12-10(7)9/h3-6,11-12H,1-2H3. The van der Waals surface area contributed by atoms with E-state index in [0.29, 0.717) is 0 Å². The Hall–Kier alpha value is -1.44. The quantitative estimate of drug-likeness (QED) is 0.608. The van der Waals surface area contributed by atoms with Crippen LogP contribution in [0.2, 0.25) is 0 Å². The van der Waals surface area contributed by atoms with Gasteiger partial charge in [-0.3, -0.25) is 0 Å². The zero-order valence-corrected chi connectivity index (χ0v) is 7.31. The second-order valence-corrected chi connectivity index (χ2v) is 3.09. The van der Waals surface area contributed by atoms with E-state index < -0.39 is 0 Å². The lowest BCUT2D eigenvalue weighted by Gasteiger charge is -2.19. The number of fused-ring (bicyclic) bond motifs is 1. The third kappa shape index (κ3) is 0.961. The number of benzene rings is 1. The van der Waals surface area contributed by atoms with Gasteiger partial charge in [-0.25, -0.2) is 0 Å². The highest BCUT2D eigenvalue weighted by Gasteiger charge is 2.09. The molecule has 2 heteroatoms. The zero-order valence-electron chi connectivity index (χ0n) is 7.31. The third-order valence-corrected chi connectivity index (χ3v) is 2.18. The molecule has 0 fully saturated rings. The van der Waals surface area contributed by atoms with Crippen LogP contribution in [0, 0.1) is 6.92 Å². The first-order valence-electron chi connectivity index (χ1n) is 4.07. The first kappa shape index (κ1) is 7.22. The summed E-state index contributed by atoms with van der Waals surface area (Å²) in [7, 11) is 0. The van der Waals surface area contributed by atoms with Crippen molar-refractivity contribution in [1.29, 1.82) is 0 Å². The molecular formula is C10H12N2. The van der Waals surface area contributed by atoms with E-state index >= 15 is 0 Å². The Morgan fingerprint density at radius 2 is 2.00 bits per heavy atom. The Kier molecular flexibility index (Phi) is 1.54. The van der Waals surface area contributed by atoms with Crippen molar-refractivity contribution in [3.63, 3.8) is 0 Å². The highest BCUT2D eigenvalue weighted by atomic mass is 15.4. The van der Waals surface area contributed by atoms with Crippen molar-refractivity contribution in [3.8, 4) is 0 Å². The van der Waals surface area contributed by atoms with Crippen LogP contribution in [0.5, 0.6) is 0 Å². The van der Waals surface area contributed by atoms with Crippen molar-refractivity contribution in [2.45, 2.75) is 13.8 Å². The molecule has 1 heterocycles. The molecule has 2 rings (SSSR count). The topological polar surface area (TPSA) is 24.1 Å². The number of aryl methyl sites for hydroxylation is 1. The molecule has 0 unspecified atom stereocenters. The van der Waals surface area contributed by atoms with Gasteiger partial charge in [-0.15, -0.1) is 0 Å². The SMILES string of the molecule is CC1=CNNc2c(C)cccc21. The highest BCUT2D eigenvalue weighted by molar-refractivity contribution is 5.78. The number of para-hydroxylation sites is 1.